The minimum Gasteiger partial charge on any atom is -0.335 e. The van der Waals surface area contributed by atoms with Gasteiger partial charge in [-0.2, -0.15) is 27.9 Å². The van der Waals surface area contributed by atoms with Gasteiger partial charge in [-0.1, -0.05) is 18.2 Å². The van der Waals surface area contributed by atoms with Crippen LogP contribution in [-0.4, -0.2) is 23.8 Å². The molecule has 34 heavy (non-hydrogen) atoms. The lowest BCUT2D eigenvalue weighted by molar-refractivity contribution is 0.0897. The van der Waals surface area contributed by atoms with Gasteiger partial charge in [-0.15, -0.1) is 11.3 Å². The largest absolute Gasteiger partial charge is 0.335 e. The lowest BCUT2D eigenvalue weighted by atomic mass is 10.1. The Hall–Kier alpha value is -3.84. The van der Waals surface area contributed by atoms with Crippen molar-refractivity contribution in [1.29, 1.82) is 5.26 Å². The third kappa shape index (κ3) is 3.78. The molecule has 0 aliphatic rings. The van der Waals surface area contributed by atoms with Gasteiger partial charge in [0.25, 0.3) is 11.8 Å². The highest BCUT2D eigenvalue weighted by molar-refractivity contribution is 7.14. The lowest BCUT2D eigenvalue weighted by Gasteiger charge is -2.26. The number of hydrogen-bond acceptors (Lipinski definition) is 8. The Morgan fingerprint density at radius 2 is 1.59 bits per heavy atom. The summed E-state index contributed by atoms with van der Waals surface area (Å²) in [5.41, 5.74) is 2.05. The molecule has 4 aromatic heterocycles. The quantitative estimate of drug-likeness (QED) is 0.256. The molecule has 9 heteroatoms. The number of para-hydroxylation sites is 1. The smallest absolute Gasteiger partial charge is 0.267 e. The molecule has 2 amide bonds. The molecule has 0 radical (unpaired) electrons. The van der Waals surface area contributed by atoms with E-state index in [1.54, 1.807) is 33.7 Å². The second-order valence-electron chi connectivity index (χ2n) is 7.27. The van der Waals surface area contributed by atoms with Crippen LogP contribution in [-0.2, 0) is 0 Å². The van der Waals surface area contributed by atoms with Crippen molar-refractivity contribution >= 4 is 73.2 Å². The summed E-state index contributed by atoms with van der Waals surface area (Å²) in [6.45, 7) is 0. The number of imide groups is 1. The normalized spacial score (nSPS) is 10.7. The first kappa shape index (κ1) is 22.0. The standard InChI is InChI=1S/C25H16N4O2S3/c1-28(21-7-4-10-34-21)22-18-5-2-3-6-20(18)27-23(19(22)13-26)29(24(30)16-8-11-32-14-16)25(31)17-9-12-33-15-17/h2-12,14-15H,1H3. The highest BCUT2D eigenvalue weighted by Gasteiger charge is 2.32. The molecule has 5 aromatic rings. The van der Waals surface area contributed by atoms with E-state index in [9.17, 15) is 14.9 Å². The van der Waals surface area contributed by atoms with Crippen LogP contribution in [0.15, 0.2) is 75.4 Å². The number of amides is 2. The zero-order valence-electron chi connectivity index (χ0n) is 17.8. The topological polar surface area (TPSA) is 77.3 Å². The van der Waals surface area contributed by atoms with E-state index in [0.29, 0.717) is 22.3 Å². The van der Waals surface area contributed by atoms with E-state index in [0.717, 1.165) is 15.3 Å². The molecule has 0 unspecified atom stereocenters. The van der Waals surface area contributed by atoms with Crippen molar-refractivity contribution in [2.45, 2.75) is 0 Å². The maximum Gasteiger partial charge on any atom is 0.267 e. The maximum atomic E-state index is 13.6. The molecule has 0 saturated heterocycles. The van der Waals surface area contributed by atoms with Gasteiger partial charge in [-0.25, -0.2) is 9.88 Å². The van der Waals surface area contributed by atoms with Gasteiger partial charge in [0.05, 0.1) is 27.3 Å². The predicted molar refractivity (Wildman–Crippen MR) is 139 cm³/mol. The SMILES string of the molecule is CN(c1cccs1)c1c(C#N)c(N(C(=O)c2ccsc2)C(=O)c2ccsc2)nc2ccccc12. The van der Waals surface area contributed by atoms with E-state index in [2.05, 4.69) is 11.1 Å². The number of nitriles is 1. The molecule has 0 bridgehead atoms. The van der Waals surface area contributed by atoms with Crippen LogP contribution in [0.1, 0.15) is 26.3 Å². The van der Waals surface area contributed by atoms with E-state index < -0.39 is 11.8 Å². The molecule has 0 N–H and O–H groups in total. The number of carbonyl (C=O) groups is 2. The van der Waals surface area contributed by atoms with Crippen LogP contribution in [0.2, 0.25) is 0 Å². The third-order valence-corrected chi connectivity index (χ3v) is 7.60. The number of fused-ring (bicyclic) bond motifs is 1. The van der Waals surface area contributed by atoms with Gasteiger partial charge < -0.3 is 4.90 Å². The van der Waals surface area contributed by atoms with Crippen molar-refractivity contribution in [2.75, 3.05) is 16.8 Å². The number of pyridine rings is 1. The van der Waals surface area contributed by atoms with Crippen LogP contribution in [0.25, 0.3) is 10.9 Å². The van der Waals surface area contributed by atoms with Gasteiger partial charge in [0, 0.05) is 23.2 Å². The fraction of sp³-hybridized carbons (Fsp3) is 0.0400. The fourth-order valence-corrected chi connectivity index (χ4v) is 5.64. The fourth-order valence-electron chi connectivity index (χ4n) is 3.68. The van der Waals surface area contributed by atoms with Crippen LogP contribution < -0.4 is 9.80 Å². The molecule has 0 spiro atoms. The van der Waals surface area contributed by atoms with Crippen molar-refractivity contribution in [3.63, 3.8) is 0 Å². The Morgan fingerprint density at radius 3 is 2.15 bits per heavy atom. The summed E-state index contributed by atoms with van der Waals surface area (Å²) < 4.78 is 0. The minimum atomic E-state index is -0.526. The second-order valence-corrected chi connectivity index (χ2v) is 9.75. The molecule has 5 rings (SSSR count). The number of carbonyl (C=O) groups excluding carboxylic acids is 2. The Morgan fingerprint density at radius 1 is 0.912 bits per heavy atom. The number of benzene rings is 1. The van der Waals surface area contributed by atoms with Crippen LogP contribution in [0.5, 0.6) is 0 Å². The summed E-state index contributed by atoms with van der Waals surface area (Å²) in [5.74, 6) is -1.03. The molecule has 0 fully saturated rings. The number of aromatic nitrogens is 1. The van der Waals surface area contributed by atoms with Crippen molar-refractivity contribution in [2.24, 2.45) is 0 Å². The van der Waals surface area contributed by atoms with E-state index in [1.807, 2.05) is 53.7 Å². The summed E-state index contributed by atoms with van der Waals surface area (Å²) >= 11 is 4.25. The van der Waals surface area contributed by atoms with Crippen LogP contribution >= 0.6 is 34.0 Å². The number of thiophene rings is 3. The third-order valence-electron chi connectivity index (χ3n) is 5.28. The number of anilines is 3. The van der Waals surface area contributed by atoms with Crippen LogP contribution in [0, 0.1) is 11.3 Å². The van der Waals surface area contributed by atoms with E-state index >= 15 is 0 Å². The van der Waals surface area contributed by atoms with Gasteiger partial charge in [-0.05, 0) is 46.5 Å². The van der Waals surface area contributed by atoms with E-state index in [-0.39, 0.29) is 11.4 Å². The van der Waals surface area contributed by atoms with E-state index in [4.69, 9.17) is 0 Å². The molecule has 0 aliphatic carbocycles. The van der Waals surface area contributed by atoms with Gasteiger partial charge in [0.1, 0.15) is 11.6 Å². The predicted octanol–water partition coefficient (Wildman–Crippen LogP) is 6.55. The summed E-state index contributed by atoms with van der Waals surface area (Å²) in [7, 11) is 1.87. The first-order valence-electron chi connectivity index (χ1n) is 10.1. The summed E-state index contributed by atoms with van der Waals surface area (Å²) in [6, 6.07) is 16.9. The first-order valence-corrected chi connectivity index (χ1v) is 12.9. The molecule has 166 valence electrons. The van der Waals surface area contributed by atoms with Gasteiger partial charge >= 0.3 is 0 Å². The van der Waals surface area contributed by atoms with Gasteiger partial charge in [0.15, 0.2) is 5.82 Å². The summed E-state index contributed by atoms with van der Waals surface area (Å²) in [4.78, 5) is 34.8. The summed E-state index contributed by atoms with van der Waals surface area (Å²) in [6.07, 6.45) is 0. The van der Waals surface area contributed by atoms with E-state index in [1.165, 1.54) is 34.0 Å². The average molecular weight is 501 g/mol. The highest BCUT2D eigenvalue weighted by atomic mass is 32.1. The Bertz CT molecular complexity index is 1470. The number of rotatable bonds is 5. The van der Waals surface area contributed by atoms with Crippen molar-refractivity contribution in [1.82, 2.24) is 4.98 Å². The zero-order chi connectivity index (χ0) is 23.7. The second kappa shape index (κ2) is 9.19. The Balaban J connectivity index is 1.80. The lowest BCUT2D eigenvalue weighted by Crippen LogP contribution is -2.38. The highest BCUT2D eigenvalue weighted by Crippen LogP contribution is 2.40. The van der Waals surface area contributed by atoms with Crippen molar-refractivity contribution in [3.05, 3.63) is 92.1 Å². The minimum absolute atomic E-state index is 0.0204. The van der Waals surface area contributed by atoms with Crippen LogP contribution in [0.3, 0.4) is 0 Å². The Kier molecular flexibility index (Phi) is 5.94. The molecule has 0 saturated carbocycles. The maximum absolute atomic E-state index is 13.6. The number of nitrogens with zero attached hydrogens (tertiary/aromatic N) is 4. The van der Waals surface area contributed by atoms with Crippen LogP contribution in [0.4, 0.5) is 16.5 Å². The molecular weight excluding hydrogens is 485 g/mol. The summed E-state index contributed by atoms with van der Waals surface area (Å²) in [5, 5.41) is 20.9. The molecule has 4 heterocycles. The van der Waals surface area contributed by atoms with Gasteiger partial charge in [-0.3, -0.25) is 9.59 Å². The van der Waals surface area contributed by atoms with Crippen molar-refractivity contribution in [3.8, 4) is 6.07 Å². The molecular formula is C25H16N4O2S3. The first-order chi connectivity index (χ1) is 16.6. The molecule has 0 atom stereocenters. The number of hydrogen-bond donors (Lipinski definition) is 0. The average Bonchev–Trinajstić information content (AvgIpc) is 3.66. The zero-order valence-corrected chi connectivity index (χ0v) is 20.3. The molecule has 6 nitrogen and oxygen atoms in total. The van der Waals surface area contributed by atoms with Gasteiger partial charge in [0.2, 0.25) is 0 Å². The molecule has 1 aromatic carbocycles. The Labute approximate surface area is 207 Å². The molecule has 0 aliphatic heterocycles. The van der Waals surface area contributed by atoms with Crippen molar-refractivity contribution < 1.29 is 9.59 Å². The monoisotopic (exact) mass is 500 g/mol.